The molecule has 4 rings (SSSR count). The highest BCUT2D eigenvalue weighted by atomic mass is 16.5. The number of carbonyl (C=O) groups is 1. The number of hydrogen-bond acceptors (Lipinski definition) is 5. The molecule has 1 aromatic heterocycles. The number of para-hydroxylation sites is 2. The van der Waals surface area contributed by atoms with Crippen LogP contribution in [-0.4, -0.2) is 29.1 Å². The molecule has 7 nitrogen and oxygen atoms in total. The Hall–Kier alpha value is -4.13. The molecule has 32 heavy (non-hydrogen) atoms. The van der Waals surface area contributed by atoms with Crippen molar-refractivity contribution in [1.82, 2.24) is 9.55 Å². The van der Waals surface area contributed by atoms with Crippen molar-refractivity contribution in [2.45, 2.75) is 13.5 Å². The van der Waals surface area contributed by atoms with Crippen LogP contribution in [0, 0.1) is 0 Å². The minimum absolute atomic E-state index is 0.144. The van der Waals surface area contributed by atoms with Gasteiger partial charge < -0.3 is 15.0 Å². The molecule has 7 heteroatoms. The second kappa shape index (κ2) is 9.34. The zero-order chi connectivity index (χ0) is 22.5. The first-order chi connectivity index (χ1) is 15.6. The molecular weight excluding hydrogens is 404 g/mol. The largest absolute Gasteiger partial charge is 0.494 e. The van der Waals surface area contributed by atoms with Crippen LogP contribution in [0.5, 0.6) is 5.75 Å². The number of nitrogens with one attached hydrogen (secondary N) is 1. The van der Waals surface area contributed by atoms with Crippen LogP contribution in [0.1, 0.15) is 6.92 Å². The summed E-state index contributed by atoms with van der Waals surface area (Å²) in [4.78, 5) is 31.8. The average molecular weight is 428 g/mol. The Morgan fingerprint density at radius 3 is 2.41 bits per heavy atom. The number of ether oxygens (including phenoxy) is 1. The Kier molecular flexibility index (Phi) is 6.17. The summed E-state index contributed by atoms with van der Waals surface area (Å²) in [6, 6.07) is 24.3. The fourth-order valence-corrected chi connectivity index (χ4v) is 3.54. The average Bonchev–Trinajstić information content (AvgIpc) is 2.82. The van der Waals surface area contributed by atoms with Crippen LogP contribution in [0.2, 0.25) is 0 Å². The van der Waals surface area contributed by atoms with Crippen LogP contribution in [0.3, 0.4) is 0 Å². The Labute approximate surface area is 185 Å². The van der Waals surface area contributed by atoms with E-state index in [0.29, 0.717) is 23.6 Å². The highest BCUT2D eigenvalue weighted by molar-refractivity contribution is 5.94. The van der Waals surface area contributed by atoms with Crippen molar-refractivity contribution >= 4 is 34.0 Å². The van der Waals surface area contributed by atoms with Gasteiger partial charge in [0.05, 0.1) is 12.1 Å². The van der Waals surface area contributed by atoms with Gasteiger partial charge in [-0.2, -0.15) is 4.98 Å². The number of benzene rings is 3. The fraction of sp³-hybridized carbons (Fsp3) is 0.160. The SMILES string of the molecule is CCOc1ccc(NC(=O)Cn2c(=O)nc(N(C)c3ccccc3)c3ccccc32)cc1. The van der Waals surface area contributed by atoms with Crippen molar-refractivity contribution in [2.24, 2.45) is 0 Å². The summed E-state index contributed by atoms with van der Waals surface area (Å²) < 4.78 is 6.81. The number of fused-ring (bicyclic) bond motifs is 1. The van der Waals surface area contributed by atoms with Crippen LogP contribution < -0.4 is 20.6 Å². The van der Waals surface area contributed by atoms with Crippen LogP contribution in [0.25, 0.3) is 10.9 Å². The lowest BCUT2D eigenvalue weighted by Crippen LogP contribution is -2.31. The van der Waals surface area contributed by atoms with Gasteiger partial charge in [0.15, 0.2) is 0 Å². The maximum absolute atomic E-state index is 12.9. The minimum Gasteiger partial charge on any atom is -0.494 e. The highest BCUT2D eigenvalue weighted by Crippen LogP contribution is 2.27. The number of rotatable bonds is 7. The van der Waals surface area contributed by atoms with Gasteiger partial charge in [0.1, 0.15) is 18.1 Å². The van der Waals surface area contributed by atoms with Crippen LogP contribution in [-0.2, 0) is 11.3 Å². The molecule has 0 radical (unpaired) electrons. The Morgan fingerprint density at radius 1 is 1.00 bits per heavy atom. The summed E-state index contributed by atoms with van der Waals surface area (Å²) >= 11 is 0. The van der Waals surface area contributed by atoms with Crippen molar-refractivity contribution in [3.05, 3.63) is 89.3 Å². The molecule has 0 aliphatic carbocycles. The monoisotopic (exact) mass is 428 g/mol. The fourth-order valence-electron chi connectivity index (χ4n) is 3.54. The predicted octanol–water partition coefficient (Wildman–Crippen LogP) is 4.20. The summed E-state index contributed by atoms with van der Waals surface area (Å²) in [7, 11) is 1.87. The van der Waals surface area contributed by atoms with E-state index in [0.717, 1.165) is 16.8 Å². The number of carbonyl (C=O) groups excluding carboxylic acids is 1. The Morgan fingerprint density at radius 2 is 1.69 bits per heavy atom. The van der Waals surface area contributed by atoms with Gasteiger partial charge in [0.25, 0.3) is 0 Å². The molecule has 4 aromatic rings. The lowest BCUT2D eigenvalue weighted by atomic mass is 10.2. The molecule has 0 aliphatic rings. The number of hydrogen-bond donors (Lipinski definition) is 1. The lowest BCUT2D eigenvalue weighted by Gasteiger charge is -2.21. The van der Waals surface area contributed by atoms with Gasteiger partial charge in [0.2, 0.25) is 5.91 Å². The van der Waals surface area contributed by atoms with Crippen LogP contribution in [0.4, 0.5) is 17.2 Å². The molecule has 1 amide bonds. The maximum Gasteiger partial charge on any atom is 0.350 e. The van der Waals surface area contributed by atoms with E-state index in [1.807, 2.05) is 73.5 Å². The molecule has 1 heterocycles. The molecule has 0 aliphatic heterocycles. The first kappa shape index (κ1) is 21.1. The number of aromatic nitrogens is 2. The standard InChI is InChI=1S/C25H24N4O3/c1-3-32-20-15-13-18(14-16-20)26-23(30)17-29-22-12-8-7-11-21(22)24(27-25(29)31)28(2)19-9-5-4-6-10-19/h4-16H,3,17H2,1-2H3,(H,26,30). The third-order valence-electron chi connectivity index (χ3n) is 5.08. The molecule has 0 fully saturated rings. The smallest absolute Gasteiger partial charge is 0.350 e. The normalized spacial score (nSPS) is 10.7. The molecule has 0 spiro atoms. The maximum atomic E-state index is 12.9. The van der Waals surface area contributed by atoms with E-state index in [9.17, 15) is 9.59 Å². The van der Waals surface area contributed by atoms with Crippen molar-refractivity contribution in [1.29, 1.82) is 0 Å². The van der Waals surface area contributed by atoms with Crippen LogP contribution in [0.15, 0.2) is 83.7 Å². The van der Waals surface area contributed by atoms with E-state index in [1.54, 1.807) is 24.3 Å². The number of nitrogens with zero attached hydrogens (tertiary/aromatic N) is 3. The summed E-state index contributed by atoms with van der Waals surface area (Å²) in [5, 5.41) is 3.61. The lowest BCUT2D eigenvalue weighted by molar-refractivity contribution is -0.116. The van der Waals surface area contributed by atoms with Gasteiger partial charge in [-0.05, 0) is 55.5 Å². The van der Waals surface area contributed by atoms with Crippen molar-refractivity contribution < 1.29 is 9.53 Å². The van der Waals surface area contributed by atoms with E-state index in [-0.39, 0.29) is 12.5 Å². The number of anilines is 3. The second-order valence-corrected chi connectivity index (χ2v) is 7.22. The quantitative estimate of drug-likeness (QED) is 0.477. The van der Waals surface area contributed by atoms with Crippen LogP contribution >= 0.6 is 0 Å². The van der Waals surface area contributed by atoms with E-state index in [4.69, 9.17) is 4.74 Å². The predicted molar refractivity (Wildman–Crippen MR) is 127 cm³/mol. The highest BCUT2D eigenvalue weighted by Gasteiger charge is 2.16. The molecule has 1 N–H and O–H groups in total. The van der Waals surface area contributed by atoms with Gasteiger partial charge >= 0.3 is 5.69 Å². The molecule has 0 unspecified atom stereocenters. The first-order valence-corrected chi connectivity index (χ1v) is 10.4. The molecule has 3 aromatic carbocycles. The molecule has 0 atom stereocenters. The molecule has 0 saturated carbocycles. The molecule has 0 saturated heterocycles. The van der Waals surface area contributed by atoms with E-state index < -0.39 is 5.69 Å². The van der Waals surface area contributed by atoms with Gasteiger partial charge in [-0.25, -0.2) is 4.79 Å². The molecule has 162 valence electrons. The first-order valence-electron chi connectivity index (χ1n) is 10.4. The summed E-state index contributed by atoms with van der Waals surface area (Å²) in [6.45, 7) is 2.34. The second-order valence-electron chi connectivity index (χ2n) is 7.22. The van der Waals surface area contributed by atoms with Crippen molar-refractivity contribution in [3.8, 4) is 5.75 Å². The van der Waals surface area contributed by atoms with Gasteiger partial charge in [-0.15, -0.1) is 0 Å². The van der Waals surface area contributed by atoms with E-state index >= 15 is 0 Å². The minimum atomic E-state index is -0.483. The van der Waals surface area contributed by atoms with Gasteiger partial charge in [-0.3, -0.25) is 9.36 Å². The topological polar surface area (TPSA) is 76.5 Å². The molecule has 0 bridgehead atoms. The summed E-state index contributed by atoms with van der Waals surface area (Å²) in [6.07, 6.45) is 0. The zero-order valence-electron chi connectivity index (χ0n) is 18.0. The Balaban J connectivity index is 1.63. The summed E-state index contributed by atoms with van der Waals surface area (Å²) in [5.41, 5.74) is 1.70. The summed E-state index contributed by atoms with van der Waals surface area (Å²) in [5.74, 6) is 0.961. The Bertz CT molecular complexity index is 1280. The zero-order valence-corrected chi connectivity index (χ0v) is 18.0. The van der Waals surface area contributed by atoms with Gasteiger partial charge in [0, 0.05) is 23.8 Å². The third kappa shape index (κ3) is 4.46. The van der Waals surface area contributed by atoms with E-state index in [2.05, 4.69) is 10.3 Å². The van der Waals surface area contributed by atoms with E-state index in [1.165, 1.54) is 4.57 Å². The van der Waals surface area contributed by atoms with Crippen molar-refractivity contribution in [3.63, 3.8) is 0 Å². The van der Waals surface area contributed by atoms with Crippen molar-refractivity contribution in [2.75, 3.05) is 23.9 Å². The number of amides is 1. The third-order valence-corrected chi connectivity index (χ3v) is 5.08. The van der Waals surface area contributed by atoms with Gasteiger partial charge in [-0.1, -0.05) is 30.3 Å². The molecular formula is C25H24N4O3.